The number of ketones is 1. The summed E-state index contributed by atoms with van der Waals surface area (Å²) in [7, 11) is 3.25. The fourth-order valence-electron chi connectivity index (χ4n) is 2.21. The first-order chi connectivity index (χ1) is 10.7. The summed E-state index contributed by atoms with van der Waals surface area (Å²) in [6.07, 6.45) is 0. The Bertz CT molecular complexity index is 622. The lowest BCUT2D eigenvalue weighted by Gasteiger charge is -2.15. The molecule has 0 aliphatic carbocycles. The van der Waals surface area contributed by atoms with Crippen molar-refractivity contribution in [1.29, 1.82) is 0 Å². The summed E-state index contributed by atoms with van der Waals surface area (Å²) >= 11 is 0. The van der Waals surface area contributed by atoms with E-state index in [9.17, 15) is 4.79 Å². The minimum Gasteiger partial charge on any atom is -0.497 e. The number of rotatable bonds is 7. The normalized spacial score (nSPS) is 11.8. The molecule has 1 unspecified atom stereocenters. The van der Waals surface area contributed by atoms with Gasteiger partial charge in [-0.1, -0.05) is 18.2 Å². The topological polar surface area (TPSA) is 47.6 Å². The van der Waals surface area contributed by atoms with Gasteiger partial charge in [0, 0.05) is 17.7 Å². The zero-order valence-corrected chi connectivity index (χ0v) is 13.1. The lowest BCUT2D eigenvalue weighted by molar-refractivity contribution is 0.0950. The molecule has 0 saturated carbocycles. The zero-order valence-electron chi connectivity index (χ0n) is 13.1. The molecule has 0 aliphatic heterocycles. The first-order valence-electron chi connectivity index (χ1n) is 7.19. The largest absolute Gasteiger partial charge is 0.497 e. The van der Waals surface area contributed by atoms with E-state index in [0.29, 0.717) is 12.1 Å². The fourth-order valence-corrected chi connectivity index (χ4v) is 2.21. The Morgan fingerprint density at radius 3 is 2.36 bits per heavy atom. The lowest BCUT2D eigenvalue weighted by atomic mass is 10.0. The molecule has 0 spiro atoms. The third-order valence-electron chi connectivity index (χ3n) is 3.56. The van der Waals surface area contributed by atoms with Gasteiger partial charge in [-0.25, -0.2) is 0 Å². The molecule has 0 heterocycles. The number of hydrogen-bond acceptors (Lipinski definition) is 4. The van der Waals surface area contributed by atoms with Gasteiger partial charge < -0.3 is 14.8 Å². The Hall–Kier alpha value is -2.33. The van der Waals surface area contributed by atoms with Gasteiger partial charge in [0.1, 0.15) is 11.5 Å². The van der Waals surface area contributed by atoms with Gasteiger partial charge in [-0.2, -0.15) is 0 Å². The van der Waals surface area contributed by atoms with E-state index in [-0.39, 0.29) is 11.8 Å². The van der Waals surface area contributed by atoms with Crippen molar-refractivity contribution in [1.82, 2.24) is 5.32 Å². The van der Waals surface area contributed by atoms with Gasteiger partial charge in [-0.05, 0) is 37.3 Å². The lowest BCUT2D eigenvalue weighted by Crippen LogP contribution is -2.33. The van der Waals surface area contributed by atoms with E-state index in [1.165, 1.54) is 0 Å². The predicted molar refractivity (Wildman–Crippen MR) is 86.6 cm³/mol. The van der Waals surface area contributed by atoms with Gasteiger partial charge in [0.15, 0.2) is 5.78 Å². The van der Waals surface area contributed by atoms with E-state index in [1.54, 1.807) is 38.5 Å². The van der Waals surface area contributed by atoms with Gasteiger partial charge >= 0.3 is 0 Å². The zero-order chi connectivity index (χ0) is 15.9. The average molecular weight is 299 g/mol. The second kappa shape index (κ2) is 7.61. The van der Waals surface area contributed by atoms with Crippen molar-refractivity contribution in [3.63, 3.8) is 0 Å². The number of para-hydroxylation sites is 1. The number of Topliss-reactive ketones (excluding diaryl/α,β-unsaturated/α-hetero) is 1. The third-order valence-corrected chi connectivity index (χ3v) is 3.56. The highest BCUT2D eigenvalue weighted by Crippen LogP contribution is 2.17. The summed E-state index contributed by atoms with van der Waals surface area (Å²) in [6.45, 7) is 2.44. The van der Waals surface area contributed by atoms with Crippen molar-refractivity contribution in [2.75, 3.05) is 14.2 Å². The molecule has 0 bridgehead atoms. The van der Waals surface area contributed by atoms with Crippen LogP contribution in [0, 0.1) is 0 Å². The highest BCUT2D eigenvalue weighted by molar-refractivity contribution is 5.99. The maximum absolute atomic E-state index is 12.4. The van der Waals surface area contributed by atoms with Gasteiger partial charge in [0.2, 0.25) is 0 Å². The van der Waals surface area contributed by atoms with Crippen LogP contribution in [0.3, 0.4) is 0 Å². The maximum atomic E-state index is 12.4. The van der Waals surface area contributed by atoms with Crippen LogP contribution in [0.1, 0.15) is 22.8 Å². The molecule has 1 atom stereocenters. The van der Waals surface area contributed by atoms with Crippen molar-refractivity contribution in [3.05, 3.63) is 59.7 Å². The monoisotopic (exact) mass is 299 g/mol. The van der Waals surface area contributed by atoms with Gasteiger partial charge in [0.05, 0.1) is 20.3 Å². The van der Waals surface area contributed by atoms with Crippen LogP contribution >= 0.6 is 0 Å². The number of ether oxygens (including phenoxy) is 2. The summed E-state index contributed by atoms with van der Waals surface area (Å²) in [5.41, 5.74) is 1.69. The van der Waals surface area contributed by atoms with E-state index >= 15 is 0 Å². The summed E-state index contributed by atoms with van der Waals surface area (Å²) in [5.74, 6) is 1.61. The quantitative estimate of drug-likeness (QED) is 0.798. The predicted octanol–water partition coefficient (Wildman–Crippen LogP) is 3.06. The van der Waals surface area contributed by atoms with E-state index in [0.717, 1.165) is 17.1 Å². The van der Waals surface area contributed by atoms with Gasteiger partial charge in [-0.3, -0.25) is 4.79 Å². The van der Waals surface area contributed by atoms with Crippen molar-refractivity contribution in [3.8, 4) is 11.5 Å². The second-order valence-corrected chi connectivity index (χ2v) is 5.01. The van der Waals surface area contributed by atoms with E-state index in [4.69, 9.17) is 9.47 Å². The Kier molecular flexibility index (Phi) is 5.55. The van der Waals surface area contributed by atoms with Crippen LogP contribution in [0.4, 0.5) is 0 Å². The van der Waals surface area contributed by atoms with Gasteiger partial charge in [-0.15, -0.1) is 0 Å². The SMILES string of the molecule is COc1ccc(C(=O)C(C)NCc2ccccc2OC)cc1. The summed E-state index contributed by atoms with van der Waals surface area (Å²) in [6, 6.07) is 14.6. The Morgan fingerprint density at radius 2 is 1.73 bits per heavy atom. The van der Waals surface area contributed by atoms with Crippen LogP contribution < -0.4 is 14.8 Å². The standard InChI is InChI=1S/C18H21NO3/c1-13(18(20)14-8-10-16(21-2)11-9-14)19-12-15-6-4-5-7-17(15)22-3/h4-11,13,19H,12H2,1-3H3. The number of methoxy groups -OCH3 is 2. The highest BCUT2D eigenvalue weighted by atomic mass is 16.5. The van der Waals surface area contributed by atoms with Crippen LogP contribution in [-0.4, -0.2) is 26.0 Å². The Labute approximate surface area is 131 Å². The second-order valence-electron chi connectivity index (χ2n) is 5.01. The Balaban J connectivity index is 1.98. The van der Waals surface area contributed by atoms with Crippen molar-refractivity contribution >= 4 is 5.78 Å². The van der Waals surface area contributed by atoms with E-state index < -0.39 is 0 Å². The fraction of sp³-hybridized carbons (Fsp3) is 0.278. The van der Waals surface area contributed by atoms with Crippen LogP contribution in [0.25, 0.3) is 0 Å². The molecule has 0 fully saturated rings. The molecule has 0 amide bonds. The molecular weight excluding hydrogens is 278 g/mol. The molecule has 22 heavy (non-hydrogen) atoms. The molecule has 0 saturated heterocycles. The van der Waals surface area contributed by atoms with Crippen LogP contribution in [0.5, 0.6) is 11.5 Å². The van der Waals surface area contributed by atoms with Crippen LogP contribution in [0.15, 0.2) is 48.5 Å². The molecule has 0 aliphatic rings. The number of carbonyl (C=O) groups is 1. The van der Waals surface area contributed by atoms with Crippen LogP contribution in [-0.2, 0) is 6.54 Å². The molecule has 2 rings (SSSR count). The number of benzene rings is 2. The summed E-state index contributed by atoms with van der Waals surface area (Å²) < 4.78 is 10.4. The molecule has 0 radical (unpaired) electrons. The molecule has 2 aromatic carbocycles. The van der Waals surface area contributed by atoms with Crippen molar-refractivity contribution < 1.29 is 14.3 Å². The minimum absolute atomic E-state index is 0.0533. The Morgan fingerprint density at radius 1 is 1.05 bits per heavy atom. The smallest absolute Gasteiger partial charge is 0.179 e. The van der Waals surface area contributed by atoms with Gasteiger partial charge in [0.25, 0.3) is 0 Å². The maximum Gasteiger partial charge on any atom is 0.179 e. The first kappa shape index (κ1) is 16.0. The number of carbonyl (C=O) groups excluding carboxylic acids is 1. The molecular formula is C18H21NO3. The summed E-state index contributed by atoms with van der Waals surface area (Å²) in [4.78, 5) is 12.4. The van der Waals surface area contributed by atoms with Crippen LogP contribution in [0.2, 0.25) is 0 Å². The van der Waals surface area contributed by atoms with Crippen molar-refractivity contribution in [2.24, 2.45) is 0 Å². The molecule has 4 heteroatoms. The van der Waals surface area contributed by atoms with Crippen molar-refractivity contribution in [2.45, 2.75) is 19.5 Å². The van der Waals surface area contributed by atoms with E-state index in [2.05, 4.69) is 5.32 Å². The summed E-state index contributed by atoms with van der Waals surface area (Å²) in [5, 5.41) is 3.24. The molecule has 4 nitrogen and oxygen atoms in total. The van der Waals surface area contributed by atoms with E-state index in [1.807, 2.05) is 31.2 Å². The molecule has 116 valence electrons. The molecule has 1 N–H and O–H groups in total. The number of nitrogens with one attached hydrogen (secondary N) is 1. The average Bonchev–Trinajstić information content (AvgIpc) is 2.59. The third kappa shape index (κ3) is 3.86. The molecule has 0 aromatic heterocycles. The minimum atomic E-state index is -0.279. The first-order valence-corrected chi connectivity index (χ1v) is 7.19. The number of hydrogen-bond donors (Lipinski definition) is 1. The highest BCUT2D eigenvalue weighted by Gasteiger charge is 2.15. The molecule has 2 aromatic rings.